The molecule has 332 valence electrons. The molecule has 4 N–H and O–H groups in total. The normalized spacial score (nSPS) is 22.1. The van der Waals surface area contributed by atoms with Crippen molar-refractivity contribution in [2.75, 3.05) is 27.4 Å². The topological polar surface area (TPSA) is 193 Å². The Morgan fingerprint density at radius 1 is 0.841 bits per heavy atom. The number of methoxy groups -OCH3 is 2. The average Bonchev–Trinajstić information content (AvgIpc) is 4.12. The molecule has 0 radical (unpaired) electrons. The van der Waals surface area contributed by atoms with E-state index in [1.807, 2.05) is 42.8 Å². The van der Waals surface area contributed by atoms with E-state index in [4.69, 9.17) is 28.9 Å². The van der Waals surface area contributed by atoms with Crippen molar-refractivity contribution >= 4 is 68.4 Å². The van der Waals surface area contributed by atoms with Gasteiger partial charge in [-0.2, -0.15) is 0 Å². The van der Waals surface area contributed by atoms with E-state index in [1.54, 1.807) is 0 Å². The number of imidazole rings is 2. The first kappa shape index (κ1) is 42.9. The molecule has 63 heavy (non-hydrogen) atoms. The molecule has 0 saturated carbocycles. The van der Waals surface area contributed by atoms with Gasteiger partial charge in [-0.1, -0.05) is 54.6 Å². The van der Waals surface area contributed by atoms with Crippen LogP contribution in [-0.2, 0) is 30.4 Å². The number of carbonyl (C=O) groups is 4. The van der Waals surface area contributed by atoms with Gasteiger partial charge in [-0.15, -0.1) is 0 Å². The molecule has 2 aromatic heterocycles. The molecule has 3 fully saturated rings. The number of halogens is 1. The van der Waals surface area contributed by atoms with Crippen molar-refractivity contribution in [3.8, 4) is 28.1 Å². The maximum Gasteiger partial charge on any atom is 0.407 e. The molecule has 17 heteroatoms. The highest BCUT2D eigenvalue weighted by molar-refractivity contribution is 14.1. The van der Waals surface area contributed by atoms with Crippen molar-refractivity contribution in [2.24, 2.45) is 11.8 Å². The molecule has 3 aromatic carbocycles. The summed E-state index contributed by atoms with van der Waals surface area (Å²) in [4.78, 5) is 73.5. The van der Waals surface area contributed by atoms with Crippen molar-refractivity contribution in [1.29, 1.82) is 0 Å². The quantitative estimate of drug-likeness (QED) is 0.0647. The zero-order chi connectivity index (χ0) is 44.1. The van der Waals surface area contributed by atoms with E-state index in [-0.39, 0.29) is 45.8 Å². The summed E-state index contributed by atoms with van der Waals surface area (Å²) in [6.45, 7) is 7.31. The van der Waals surface area contributed by atoms with Gasteiger partial charge in [0.1, 0.15) is 36.1 Å². The minimum Gasteiger partial charge on any atom is -0.488 e. The molecule has 6 heterocycles. The molecule has 4 aliphatic heterocycles. The van der Waals surface area contributed by atoms with Gasteiger partial charge < -0.3 is 49.3 Å². The molecule has 3 saturated heterocycles. The molecular weight excluding hydrogens is 919 g/mol. The fraction of sp³-hybridized carbons (Fsp3) is 0.478. The van der Waals surface area contributed by atoms with Crippen LogP contribution in [-0.4, -0.2) is 103 Å². The summed E-state index contributed by atoms with van der Waals surface area (Å²) in [5.41, 5.74) is 6.57. The Balaban J connectivity index is 0.964. The molecule has 4 aliphatic rings. The third kappa shape index (κ3) is 8.06. The summed E-state index contributed by atoms with van der Waals surface area (Å²) in [5, 5.41) is 7.53. The molecule has 0 bridgehead atoms. The Morgan fingerprint density at radius 3 is 2.35 bits per heavy atom. The number of nitrogens with one attached hydrogen (secondary N) is 4. The summed E-state index contributed by atoms with van der Waals surface area (Å²) in [7, 11) is 2.60. The van der Waals surface area contributed by atoms with Gasteiger partial charge in [0.05, 0.1) is 53.3 Å². The Kier molecular flexibility index (Phi) is 12.0. The van der Waals surface area contributed by atoms with E-state index in [0.717, 1.165) is 81.2 Å². The number of rotatable bonds is 9. The Bertz CT molecular complexity index is 2570. The third-order valence-electron chi connectivity index (χ3n) is 13.2. The van der Waals surface area contributed by atoms with E-state index >= 15 is 0 Å². The first-order valence-corrected chi connectivity index (χ1v) is 23.0. The van der Waals surface area contributed by atoms with Crippen LogP contribution in [0, 0.1) is 11.8 Å². The van der Waals surface area contributed by atoms with Crippen LogP contribution in [0.1, 0.15) is 88.6 Å². The number of benzene rings is 3. The molecule has 4 amide bonds. The number of likely N-dealkylation sites (tertiary alicyclic amines) is 2. The number of H-pyrrole nitrogens is 2. The number of amides is 4. The molecular formula is C46H53IN8O8. The number of alkyl halides is 1. The standard InChI is InChI=1S/C46H53IN8O8/c1-23(2)38(52-45(58)60-4)43(56)54-24(3)6-11-34(54)41-48-21-33(50-41)27-7-9-29-28(18-27)22-63-36-20-30-26(19-31(29)36)8-10-32-40(30)51-42(49-32)35-12-13-37(47)55(35)44(57)39(53-46(59)61-5)25-14-16-62-17-15-25/h7-10,18-21,23-25,34-35,37-39H,6,11-17,22H2,1-5H3,(H,48,50)(H,49,51)(H,52,58)(H,53,59)/t24-,34-,35-,37+,38-,39-/m0/s1. The zero-order valence-corrected chi connectivity index (χ0v) is 38.2. The van der Waals surface area contributed by atoms with E-state index in [2.05, 4.69) is 79.6 Å². The van der Waals surface area contributed by atoms with Crippen molar-refractivity contribution in [1.82, 2.24) is 40.4 Å². The van der Waals surface area contributed by atoms with Crippen LogP contribution in [0.2, 0.25) is 0 Å². The van der Waals surface area contributed by atoms with Crippen LogP contribution in [0.25, 0.3) is 44.2 Å². The Hall–Kier alpha value is -5.43. The van der Waals surface area contributed by atoms with Gasteiger partial charge in [0.2, 0.25) is 11.8 Å². The minimum absolute atomic E-state index is 0.0182. The number of alkyl carbamates (subject to hydrolysis) is 2. The van der Waals surface area contributed by atoms with E-state index in [1.165, 1.54) is 14.2 Å². The number of fused-ring (bicyclic) bond motifs is 6. The van der Waals surface area contributed by atoms with Crippen molar-refractivity contribution < 1.29 is 38.1 Å². The maximum absolute atomic E-state index is 14.4. The molecule has 16 nitrogen and oxygen atoms in total. The lowest BCUT2D eigenvalue weighted by Crippen LogP contribution is -2.54. The number of aromatic amines is 2. The van der Waals surface area contributed by atoms with Gasteiger partial charge in [-0.25, -0.2) is 19.6 Å². The van der Waals surface area contributed by atoms with Crippen LogP contribution in [0.4, 0.5) is 9.59 Å². The lowest BCUT2D eigenvalue weighted by Gasteiger charge is -2.35. The predicted molar refractivity (Wildman–Crippen MR) is 243 cm³/mol. The average molecular weight is 973 g/mol. The Labute approximate surface area is 378 Å². The van der Waals surface area contributed by atoms with Crippen LogP contribution in [0.5, 0.6) is 5.75 Å². The number of hydrogen-bond donors (Lipinski definition) is 4. The SMILES string of the molecule is COC(=O)N[C@H](C(=O)N1[C@@H](C)CC[C@H]1c1ncc(-c2ccc3c(c2)COc2cc4c(ccc5[nH]c([C@@H]6CC[C@H](I)N6C(=O)[C@@H](NC(=O)OC)C6CCOCC6)nc54)cc2-3)[nH]1)C(C)C. The highest BCUT2D eigenvalue weighted by Crippen LogP contribution is 2.45. The van der Waals surface area contributed by atoms with E-state index < -0.39 is 24.3 Å². The molecule has 6 atom stereocenters. The van der Waals surface area contributed by atoms with Crippen LogP contribution in [0.3, 0.4) is 0 Å². The molecule has 0 spiro atoms. The van der Waals surface area contributed by atoms with Gasteiger partial charge in [0, 0.05) is 30.2 Å². The van der Waals surface area contributed by atoms with Crippen LogP contribution >= 0.6 is 22.6 Å². The second-order valence-corrected chi connectivity index (χ2v) is 18.8. The largest absolute Gasteiger partial charge is 0.488 e. The third-order valence-corrected chi connectivity index (χ3v) is 14.5. The van der Waals surface area contributed by atoms with Crippen molar-refractivity contribution in [3.63, 3.8) is 0 Å². The fourth-order valence-corrected chi connectivity index (χ4v) is 10.9. The first-order valence-electron chi connectivity index (χ1n) is 21.8. The maximum atomic E-state index is 14.4. The van der Waals surface area contributed by atoms with Crippen LogP contribution < -0.4 is 15.4 Å². The second-order valence-electron chi connectivity index (χ2n) is 17.4. The number of aromatic nitrogens is 4. The highest BCUT2D eigenvalue weighted by Gasteiger charge is 2.44. The highest BCUT2D eigenvalue weighted by atomic mass is 127. The predicted octanol–water partition coefficient (Wildman–Crippen LogP) is 7.67. The summed E-state index contributed by atoms with van der Waals surface area (Å²) in [6, 6.07) is 12.7. The van der Waals surface area contributed by atoms with Crippen LogP contribution in [0.15, 0.2) is 48.7 Å². The van der Waals surface area contributed by atoms with Crippen molar-refractivity contribution in [3.05, 3.63) is 65.9 Å². The second kappa shape index (κ2) is 17.6. The number of nitrogens with zero attached hydrogens (tertiary/aromatic N) is 4. The molecule has 0 aliphatic carbocycles. The smallest absolute Gasteiger partial charge is 0.407 e. The van der Waals surface area contributed by atoms with E-state index in [9.17, 15) is 19.2 Å². The van der Waals surface area contributed by atoms with Gasteiger partial charge in [0.25, 0.3) is 0 Å². The number of hydrogen-bond acceptors (Lipinski definition) is 10. The summed E-state index contributed by atoms with van der Waals surface area (Å²) < 4.78 is 21.7. The monoisotopic (exact) mass is 972 g/mol. The van der Waals surface area contributed by atoms with Gasteiger partial charge in [-0.3, -0.25) is 9.59 Å². The number of carbonyl (C=O) groups excluding carboxylic acids is 4. The van der Waals surface area contributed by atoms with Gasteiger partial charge in [-0.05, 0) is 104 Å². The fourth-order valence-electron chi connectivity index (χ4n) is 9.87. The van der Waals surface area contributed by atoms with Crippen molar-refractivity contribution in [2.45, 2.75) is 100 Å². The molecule has 5 aromatic rings. The van der Waals surface area contributed by atoms with E-state index in [0.29, 0.717) is 44.3 Å². The van der Waals surface area contributed by atoms with Gasteiger partial charge in [0.15, 0.2) is 0 Å². The first-order chi connectivity index (χ1) is 30.4. The summed E-state index contributed by atoms with van der Waals surface area (Å²) >= 11 is 2.33. The summed E-state index contributed by atoms with van der Waals surface area (Å²) in [6.07, 6.45) is 5.01. The molecule has 9 rings (SSSR count). The lowest BCUT2D eigenvalue weighted by atomic mass is 9.90. The molecule has 0 unspecified atom stereocenters. The van der Waals surface area contributed by atoms with Gasteiger partial charge >= 0.3 is 12.2 Å². The minimum atomic E-state index is -0.727. The Morgan fingerprint density at radius 2 is 1.59 bits per heavy atom. The number of ether oxygens (including phenoxy) is 4. The summed E-state index contributed by atoms with van der Waals surface area (Å²) in [5.74, 6) is 1.71. The lowest BCUT2D eigenvalue weighted by molar-refractivity contribution is -0.138. The zero-order valence-electron chi connectivity index (χ0n) is 36.0.